The predicted molar refractivity (Wildman–Crippen MR) is 112 cm³/mol. The molecule has 1 aliphatic heterocycles. The maximum atomic E-state index is 12.8. The van der Waals surface area contributed by atoms with E-state index in [2.05, 4.69) is 4.98 Å². The van der Waals surface area contributed by atoms with E-state index in [1.165, 1.54) is 14.0 Å². The molecule has 1 N–H and O–H groups in total. The van der Waals surface area contributed by atoms with E-state index in [-0.39, 0.29) is 5.91 Å². The molecule has 30 heavy (non-hydrogen) atoms. The predicted octanol–water partition coefficient (Wildman–Crippen LogP) is 3.22. The molecule has 156 valence electrons. The number of fused-ring (bicyclic) bond motifs is 3. The third-order valence-electron chi connectivity index (χ3n) is 5.69. The van der Waals surface area contributed by atoms with Crippen molar-refractivity contribution in [3.05, 3.63) is 59.3 Å². The number of esters is 1. The van der Waals surface area contributed by atoms with Gasteiger partial charge in [-0.15, -0.1) is 0 Å². The van der Waals surface area contributed by atoms with Gasteiger partial charge < -0.3 is 24.1 Å². The van der Waals surface area contributed by atoms with Crippen LogP contribution in [0.15, 0.2) is 42.5 Å². The minimum absolute atomic E-state index is 0.213. The van der Waals surface area contributed by atoms with Gasteiger partial charge in [0.25, 0.3) is 0 Å². The minimum atomic E-state index is -0.725. The van der Waals surface area contributed by atoms with Crippen LogP contribution >= 0.6 is 0 Å². The Hall–Kier alpha value is -3.48. The zero-order valence-electron chi connectivity index (χ0n) is 17.4. The Bertz CT molecular complexity index is 1120. The lowest BCUT2D eigenvalue weighted by molar-refractivity contribution is -0.154. The van der Waals surface area contributed by atoms with Gasteiger partial charge >= 0.3 is 5.97 Å². The highest BCUT2D eigenvalue weighted by atomic mass is 16.5. The Labute approximate surface area is 174 Å². The van der Waals surface area contributed by atoms with Crippen molar-refractivity contribution in [2.45, 2.75) is 25.4 Å². The van der Waals surface area contributed by atoms with Crippen molar-refractivity contribution < 1.29 is 23.8 Å². The first-order valence-electron chi connectivity index (χ1n) is 9.68. The molecule has 2 atom stereocenters. The summed E-state index contributed by atoms with van der Waals surface area (Å²) >= 11 is 0. The van der Waals surface area contributed by atoms with E-state index in [1.54, 1.807) is 25.2 Å². The standard InChI is InChI=1S/C23H24N2O5/c1-13(26)25-18(23(27)30-4)12-16-15-7-5-6-8-17(15)24-21(16)22(25)14-9-10-19(28-2)20(11-14)29-3/h5-11,18,22,24H,12H2,1-4H3/t18-,22+/m0/s1. The summed E-state index contributed by atoms with van der Waals surface area (Å²) in [5.41, 5.74) is 3.67. The second kappa shape index (κ2) is 7.74. The number of carbonyl (C=O) groups excluding carboxylic acids is 2. The third-order valence-corrected chi connectivity index (χ3v) is 5.69. The van der Waals surface area contributed by atoms with Gasteiger partial charge in [0, 0.05) is 29.9 Å². The number of aromatic nitrogens is 1. The molecule has 0 saturated carbocycles. The second-order valence-electron chi connectivity index (χ2n) is 7.25. The lowest BCUT2D eigenvalue weighted by atomic mass is 9.87. The van der Waals surface area contributed by atoms with Crippen LogP contribution in [0, 0.1) is 0 Å². The Balaban J connectivity index is 1.98. The number of rotatable bonds is 4. The number of H-pyrrole nitrogens is 1. The van der Waals surface area contributed by atoms with Gasteiger partial charge in [-0.1, -0.05) is 24.3 Å². The number of nitrogens with zero attached hydrogens (tertiary/aromatic N) is 1. The first-order valence-corrected chi connectivity index (χ1v) is 9.68. The molecule has 0 radical (unpaired) electrons. The maximum Gasteiger partial charge on any atom is 0.328 e. The number of nitrogens with one attached hydrogen (secondary N) is 1. The lowest BCUT2D eigenvalue weighted by Crippen LogP contribution is -2.51. The molecule has 0 spiro atoms. The van der Waals surface area contributed by atoms with Crippen LogP contribution in [0.2, 0.25) is 0 Å². The van der Waals surface area contributed by atoms with Gasteiger partial charge in [-0.2, -0.15) is 0 Å². The van der Waals surface area contributed by atoms with E-state index < -0.39 is 18.1 Å². The fourth-order valence-corrected chi connectivity index (χ4v) is 4.37. The zero-order valence-corrected chi connectivity index (χ0v) is 17.4. The molecule has 0 saturated heterocycles. The molecule has 3 aromatic rings. The molecule has 1 aliphatic rings. The molecular weight excluding hydrogens is 384 g/mol. The van der Waals surface area contributed by atoms with Gasteiger partial charge in [0.1, 0.15) is 6.04 Å². The molecule has 7 heteroatoms. The summed E-state index contributed by atoms with van der Waals surface area (Å²) in [4.78, 5) is 30.5. The number of hydrogen-bond donors (Lipinski definition) is 1. The second-order valence-corrected chi connectivity index (χ2v) is 7.25. The van der Waals surface area contributed by atoms with Crippen LogP contribution in [0.3, 0.4) is 0 Å². The van der Waals surface area contributed by atoms with Crippen molar-refractivity contribution >= 4 is 22.8 Å². The number of amides is 1. The van der Waals surface area contributed by atoms with E-state index in [0.29, 0.717) is 17.9 Å². The summed E-state index contributed by atoms with van der Waals surface area (Å²) in [7, 11) is 4.48. The Morgan fingerprint density at radius 1 is 1.03 bits per heavy atom. The fourth-order valence-electron chi connectivity index (χ4n) is 4.37. The highest BCUT2D eigenvalue weighted by molar-refractivity contribution is 5.90. The highest BCUT2D eigenvalue weighted by Gasteiger charge is 2.43. The number of hydrogen-bond acceptors (Lipinski definition) is 5. The Morgan fingerprint density at radius 2 is 1.77 bits per heavy atom. The number of benzene rings is 2. The molecule has 0 aliphatic carbocycles. The van der Waals surface area contributed by atoms with Crippen LogP contribution in [-0.4, -0.2) is 49.1 Å². The first-order chi connectivity index (χ1) is 14.5. The Kier molecular flexibility index (Phi) is 5.11. The number of aromatic amines is 1. The Morgan fingerprint density at radius 3 is 2.43 bits per heavy atom. The van der Waals surface area contributed by atoms with Crippen molar-refractivity contribution in [3.8, 4) is 11.5 Å². The van der Waals surface area contributed by atoms with Crippen LogP contribution in [0.5, 0.6) is 11.5 Å². The largest absolute Gasteiger partial charge is 0.493 e. The van der Waals surface area contributed by atoms with Crippen molar-refractivity contribution in [1.29, 1.82) is 0 Å². The fraction of sp³-hybridized carbons (Fsp3) is 0.304. The van der Waals surface area contributed by atoms with Crippen LogP contribution in [0.1, 0.15) is 29.8 Å². The van der Waals surface area contributed by atoms with E-state index >= 15 is 0 Å². The third kappa shape index (κ3) is 3.07. The van der Waals surface area contributed by atoms with Crippen molar-refractivity contribution in [2.24, 2.45) is 0 Å². The lowest BCUT2D eigenvalue weighted by Gasteiger charge is -2.40. The van der Waals surface area contributed by atoms with Crippen LogP contribution in [0.4, 0.5) is 0 Å². The van der Waals surface area contributed by atoms with Gasteiger partial charge in [-0.25, -0.2) is 4.79 Å². The van der Waals surface area contributed by atoms with Crippen molar-refractivity contribution in [3.63, 3.8) is 0 Å². The smallest absolute Gasteiger partial charge is 0.328 e. The average molecular weight is 408 g/mol. The molecule has 4 rings (SSSR count). The molecule has 1 amide bonds. The van der Waals surface area contributed by atoms with Gasteiger partial charge in [0.05, 0.1) is 27.4 Å². The molecule has 1 aromatic heterocycles. The highest BCUT2D eigenvalue weighted by Crippen LogP contribution is 2.43. The van der Waals surface area contributed by atoms with Gasteiger partial charge in [-0.05, 0) is 29.3 Å². The molecule has 0 bridgehead atoms. The molecule has 2 heterocycles. The van der Waals surface area contributed by atoms with Crippen LogP contribution in [-0.2, 0) is 20.7 Å². The summed E-state index contributed by atoms with van der Waals surface area (Å²) < 4.78 is 15.9. The maximum absolute atomic E-state index is 12.8. The number of para-hydroxylation sites is 1. The molecule has 2 aromatic carbocycles. The van der Waals surface area contributed by atoms with Gasteiger partial charge in [0.2, 0.25) is 5.91 Å². The summed E-state index contributed by atoms with van der Waals surface area (Å²) in [6.07, 6.45) is 0.384. The monoisotopic (exact) mass is 408 g/mol. The average Bonchev–Trinajstić information content (AvgIpc) is 3.15. The van der Waals surface area contributed by atoms with Crippen molar-refractivity contribution in [1.82, 2.24) is 9.88 Å². The summed E-state index contributed by atoms with van der Waals surface area (Å²) in [5, 5.41) is 1.04. The van der Waals surface area contributed by atoms with Gasteiger partial charge in [-0.3, -0.25) is 4.79 Å². The molecular formula is C23H24N2O5. The van der Waals surface area contributed by atoms with E-state index in [0.717, 1.165) is 27.7 Å². The summed E-state index contributed by atoms with van der Waals surface area (Å²) in [6.45, 7) is 1.47. The zero-order chi connectivity index (χ0) is 21.4. The molecule has 7 nitrogen and oxygen atoms in total. The number of methoxy groups -OCH3 is 3. The first kappa shape index (κ1) is 19.8. The van der Waals surface area contributed by atoms with E-state index in [1.807, 2.05) is 36.4 Å². The van der Waals surface area contributed by atoms with Crippen LogP contribution < -0.4 is 9.47 Å². The number of ether oxygens (including phenoxy) is 3. The molecule has 0 fully saturated rings. The topological polar surface area (TPSA) is 80.9 Å². The summed E-state index contributed by atoms with van der Waals surface area (Å²) in [5.74, 6) is 0.491. The van der Waals surface area contributed by atoms with E-state index in [4.69, 9.17) is 14.2 Å². The number of carbonyl (C=O) groups is 2. The van der Waals surface area contributed by atoms with E-state index in [9.17, 15) is 9.59 Å². The summed E-state index contributed by atoms with van der Waals surface area (Å²) in [6, 6.07) is 12.2. The minimum Gasteiger partial charge on any atom is -0.493 e. The van der Waals surface area contributed by atoms with Gasteiger partial charge in [0.15, 0.2) is 11.5 Å². The SMILES string of the molecule is COC(=O)[C@@H]1Cc2c([nH]c3ccccc23)[C@@H](c2ccc(OC)c(OC)c2)N1C(C)=O. The van der Waals surface area contributed by atoms with Crippen molar-refractivity contribution in [2.75, 3.05) is 21.3 Å². The normalized spacial score (nSPS) is 18.1. The van der Waals surface area contributed by atoms with Crippen LogP contribution in [0.25, 0.3) is 10.9 Å². The molecule has 0 unspecified atom stereocenters. The quantitative estimate of drug-likeness (QED) is 0.671.